The van der Waals surface area contributed by atoms with Crippen LogP contribution in [0.1, 0.15) is 56.9 Å². The lowest BCUT2D eigenvalue weighted by Gasteiger charge is -2.19. The molecule has 0 amide bonds. The van der Waals surface area contributed by atoms with E-state index in [0.717, 1.165) is 40.9 Å². The summed E-state index contributed by atoms with van der Waals surface area (Å²) in [7, 11) is 0. The average Bonchev–Trinajstić information content (AvgIpc) is 2.88. The summed E-state index contributed by atoms with van der Waals surface area (Å²) in [6.45, 7) is 6.64. The van der Waals surface area contributed by atoms with E-state index in [1.807, 2.05) is 30.3 Å². The van der Waals surface area contributed by atoms with Crippen molar-refractivity contribution in [1.29, 1.82) is 0 Å². The number of anilines is 1. The molecule has 4 heteroatoms. The van der Waals surface area contributed by atoms with Crippen LogP contribution in [0.4, 0.5) is 5.69 Å². The van der Waals surface area contributed by atoms with Gasteiger partial charge in [-0.25, -0.2) is 0 Å². The maximum absolute atomic E-state index is 6.54. The monoisotopic (exact) mass is 396 g/mol. The third-order valence-corrected chi connectivity index (χ3v) is 5.48. The molecule has 4 rings (SSSR count). The van der Waals surface area contributed by atoms with Crippen LogP contribution in [0.3, 0.4) is 0 Å². The molecule has 1 aliphatic carbocycles. The van der Waals surface area contributed by atoms with Gasteiger partial charge in [0.25, 0.3) is 0 Å². The van der Waals surface area contributed by atoms with Crippen LogP contribution in [0.5, 0.6) is 11.5 Å². The lowest BCUT2D eigenvalue weighted by atomic mass is 9.87. The summed E-state index contributed by atoms with van der Waals surface area (Å²) in [6, 6.07) is 14.4. The number of hydrogen-bond acceptors (Lipinski definition) is 3. The van der Waals surface area contributed by atoms with Gasteiger partial charge in [0.15, 0.2) is 0 Å². The Balaban J connectivity index is 0.00000225. The molecule has 0 aliphatic heterocycles. The second-order valence-electron chi connectivity index (χ2n) is 8.57. The van der Waals surface area contributed by atoms with E-state index >= 15 is 0 Å². The smallest absolute Gasteiger partial charge is 0.128 e. The average molecular weight is 397 g/mol. The molecule has 3 aromatic rings. The van der Waals surface area contributed by atoms with Crippen molar-refractivity contribution in [3.05, 3.63) is 59.3 Å². The Kier molecular flexibility index (Phi) is 5.85. The largest absolute Gasteiger partial charge is 0.457 e. The maximum atomic E-state index is 6.54. The van der Waals surface area contributed by atoms with Crippen LogP contribution in [-0.4, -0.2) is 4.98 Å². The third-order valence-electron chi connectivity index (χ3n) is 5.48. The van der Waals surface area contributed by atoms with Crippen molar-refractivity contribution in [2.45, 2.75) is 58.3 Å². The molecule has 1 aliphatic rings. The van der Waals surface area contributed by atoms with Crippen LogP contribution in [0.25, 0.3) is 10.9 Å². The Morgan fingerprint density at radius 2 is 1.57 bits per heavy atom. The first-order chi connectivity index (χ1) is 12.9. The van der Waals surface area contributed by atoms with Crippen molar-refractivity contribution in [1.82, 2.24) is 4.98 Å². The van der Waals surface area contributed by atoms with Gasteiger partial charge in [0.05, 0.1) is 5.52 Å². The van der Waals surface area contributed by atoms with Crippen molar-refractivity contribution in [3.63, 3.8) is 0 Å². The predicted molar refractivity (Wildman–Crippen MR) is 120 cm³/mol. The summed E-state index contributed by atoms with van der Waals surface area (Å²) in [5, 5.41) is 1.000. The molecule has 2 aromatic carbocycles. The first kappa shape index (κ1) is 20.5. The molecule has 0 atom stereocenters. The van der Waals surface area contributed by atoms with Gasteiger partial charge in [-0.1, -0.05) is 39.3 Å². The number of aromatic nitrogens is 1. The highest BCUT2D eigenvalue weighted by Gasteiger charge is 2.16. The molecule has 1 heterocycles. The first-order valence-electron chi connectivity index (χ1n) is 9.91. The zero-order chi connectivity index (χ0) is 19.0. The maximum Gasteiger partial charge on any atom is 0.128 e. The van der Waals surface area contributed by atoms with E-state index in [4.69, 9.17) is 15.5 Å². The van der Waals surface area contributed by atoms with E-state index in [1.54, 1.807) is 0 Å². The van der Waals surface area contributed by atoms with E-state index in [2.05, 4.69) is 32.9 Å². The number of pyridine rings is 1. The summed E-state index contributed by atoms with van der Waals surface area (Å²) in [5.41, 5.74) is 12.2. The van der Waals surface area contributed by atoms with Gasteiger partial charge < -0.3 is 10.5 Å². The molecule has 0 saturated carbocycles. The van der Waals surface area contributed by atoms with Crippen LogP contribution in [0.2, 0.25) is 0 Å². The van der Waals surface area contributed by atoms with Gasteiger partial charge in [-0.05, 0) is 72.6 Å². The van der Waals surface area contributed by atoms with E-state index in [-0.39, 0.29) is 17.8 Å². The predicted octanol–water partition coefficient (Wildman–Crippen LogP) is 6.60. The number of ether oxygens (including phenoxy) is 1. The van der Waals surface area contributed by atoms with Crippen LogP contribution in [0.15, 0.2) is 42.5 Å². The van der Waals surface area contributed by atoms with Gasteiger partial charge in [-0.15, -0.1) is 12.4 Å². The number of hydrogen-bond donors (Lipinski definition) is 1. The van der Waals surface area contributed by atoms with Crippen molar-refractivity contribution in [3.8, 4) is 11.5 Å². The summed E-state index contributed by atoms with van der Waals surface area (Å²) in [6.07, 6.45) is 5.72. The molecule has 3 nitrogen and oxygen atoms in total. The normalized spacial score (nSPS) is 14.1. The fourth-order valence-corrected chi connectivity index (χ4v) is 3.84. The van der Waals surface area contributed by atoms with Gasteiger partial charge >= 0.3 is 0 Å². The second-order valence-corrected chi connectivity index (χ2v) is 8.57. The third kappa shape index (κ3) is 4.10. The van der Waals surface area contributed by atoms with Crippen molar-refractivity contribution in [2.75, 3.05) is 5.73 Å². The SMILES string of the molecule is CC(C)(C)c1ccc(Oc2ccc3nc4c(c(N)c3c2)CCCCC4)cc1.Cl. The highest BCUT2D eigenvalue weighted by atomic mass is 35.5. The van der Waals surface area contributed by atoms with Gasteiger partial charge in [0.1, 0.15) is 11.5 Å². The molecule has 28 heavy (non-hydrogen) atoms. The van der Waals surface area contributed by atoms with E-state index in [0.29, 0.717) is 0 Å². The number of nitrogen functional groups attached to an aromatic ring is 1. The molecule has 1 aromatic heterocycles. The van der Waals surface area contributed by atoms with Gasteiger partial charge in [0, 0.05) is 16.8 Å². The van der Waals surface area contributed by atoms with Crippen LogP contribution < -0.4 is 10.5 Å². The minimum absolute atomic E-state index is 0. The van der Waals surface area contributed by atoms with Crippen molar-refractivity contribution in [2.24, 2.45) is 0 Å². The Labute approximate surface area is 173 Å². The molecule has 0 saturated heterocycles. The second kappa shape index (κ2) is 8.00. The number of halogens is 1. The highest BCUT2D eigenvalue weighted by Crippen LogP contribution is 2.34. The number of fused-ring (bicyclic) bond motifs is 2. The molecule has 0 bridgehead atoms. The fraction of sp³-hybridized carbons (Fsp3) is 0.375. The number of aryl methyl sites for hydroxylation is 1. The first-order valence-corrected chi connectivity index (χ1v) is 9.91. The van der Waals surface area contributed by atoms with Crippen molar-refractivity contribution < 1.29 is 4.74 Å². The quantitative estimate of drug-likeness (QED) is 0.496. The lowest BCUT2D eigenvalue weighted by Crippen LogP contribution is -2.10. The molecule has 148 valence electrons. The minimum Gasteiger partial charge on any atom is -0.457 e. The summed E-state index contributed by atoms with van der Waals surface area (Å²) in [4.78, 5) is 4.89. The Hall–Kier alpha value is -2.26. The molecule has 0 radical (unpaired) electrons. The Bertz CT molecular complexity index is 975. The Morgan fingerprint density at radius 1 is 0.893 bits per heavy atom. The topological polar surface area (TPSA) is 48.1 Å². The van der Waals surface area contributed by atoms with Crippen molar-refractivity contribution >= 4 is 29.0 Å². The number of benzene rings is 2. The lowest BCUT2D eigenvalue weighted by molar-refractivity contribution is 0.482. The van der Waals surface area contributed by atoms with E-state index in [1.165, 1.54) is 36.1 Å². The summed E-state index contributed by atoms with van der Waals surface area (Å²) in [5.74, 6) is 1.64. The van der Waals surface area contributed by atoms with Crippen LogP contribution in [-0.2, 0) is 18.3 Å². The molecule has 2 N–H and O–H groups in total. The summed E-state index contributed by atoms with van der Waals surface area (Å²) >= 11 is 0. The molecule has 0 fully saturated rings. The van der Waals surface area contributed by atoms with Gasteiger partial charge in [-0.2, -0.15) is 0 Å². The minimum atomic E-state index is 0. The van der Waals surface area contributed by atoms with Crippen LogP contribution >= 0.6 is 12.4 Å². The zero-order valence-corrected chi connectivity index (χ0v) is 17.7. The fourth-order valence-electron chi connectivity index (χ4n) is 3.84. The van der Waals surface area contributed by atoms with Gasteiger partial charge in [0.2, 0.25) is 0 Å². The number of rotatable bonds is 2. The van der Waals surface area contributed by atoms with E-state index < -0.39 is 0 Å². The molecule has 0 unspecified atom stereocenters. The van der Waals surface area contributed by atoms with E-state index in [9.17, 15) is 0 Å². The number of nitrogens with two attached hydrogens (primary N) is 1. The summed E-state index contributed by atoms with van der Waals surface area (Å²) < 4.78 is 6.09. The Morgan fingerprint density at radius 3 is 2.29 bits per heavy atom. The van der Waals surface area contributed by atoms with Crippen LogP contribution in [0, 0.1) is 0 Å². The molecule has 0 spiro atoms. The number of nitrogens with zero attached hydrogens (tertiary/aromatic N) is 1. The molecular formula is C24H29ClN2O. The highest BCUT2D eigenvalue weighted by molar-refractivity contribution is 5.93. The zero-order valence-electron chi connectivity index (χ0n) is 16.9. The standard InChI is InChI=1S/C24H28N2O.ClH/c1-24(2,3)16-9-11-17(12-10-16)27-18-13-14-22-20(15-18)23(25)19-7-5-4-6-8-21(19)26-22;/h9-15H,4-8H2,1-3H3,(H2,25,26);1H. The van der Waals surface area contributed by atoms with Gasteiger partial charge in [-0.3, -0.25) is 4.98 Å². The molecular weight excluding hydrogens is 368 g/mol.